The van der Waals surface area contributed by atoms with Gasteiger partial charge < -0.3 is 55.3 Å². The Morgan fingerprint density at radius 3 is 1.34 bits per heavy atom. The average Bonchev–Trinajstić information content (AvgIpc) is 3.36. The summed E-state index contributed by atoms with van der Waals surface area (Å²) in [6, 6.07) is 31.9. The molecule has 0 bridgehead atoms. The number of guanidine groups is 2. The summed E-state index contributed by atoms with van der Waals surface area (Å²) >= 11 is 0. The molecular formula is C55H60N12O6. The zero-order valence-corrected chi connectivity index (χ0v) is 40.5. The van der Waals surface area contributed by atoms with Crippen LogP contribution in [0.3, 0.4) is 0 Å². The first-order chi connectivity index (χ1) is 35.1. The molecule has 8 aromatic carbocycles. The van der Waals surface area contributed by atoms with Crippen LogP contribution in [0.1, 0.15) is 50.2 Å². The first-order valence-corrected chi connectivity index (χ1v) is 24.3. The number of hydrogen-bond acceptors (Lipinski definition) is 8. The lowest BCUT2D eigenvalue weighted by atomic mass is 9.90. The Morgan fingerprint density at radius 2 is 0.877 bits per heavy atom. The standard InChI is InChI=1S/C55H60N12O6/c1-30(68)64-42(11-5-26-63-55(59)60)52(72)67-43(28-37-18-16-35-14-12-31-6-2-8-33-20-22-39(37)48(35)46(31)33)51(71)61-27-24-45(69)65-44(53(73)66-41(50(56)70)10-4-25-62-54(57)58)29-38-19-17-36-15-13-32-7-3-9-34-21-23-40(38)49(36)47(32)34/h2-3,6-9,12-23,41-44H,4-5,10-11,24-29H2,1H3,(H2,56,70)(H,61,71)(H,64,68)(H,65,69)(H,66,73)(H,67,72)(H4,57,58,62)(H4,59,60,63)/t41-,42-,43-,44-/m0/s1. The maximum Gasteiger partial charge on any atom is 0.243 e. The van der Waals surface area contributed by atoms with E-state index in [4.69, 9.17) is 28.7 Å². The molecule has 376 valence electrons. The molecule has 0 aliphatic rings. The van der Waals surface area contributed by atoms with Gasteiger partial charge in [-0.2, -0.15) is 0 Å². The molecule has 18 heteroatoms. The Morgan fingerprint density at radius 1 is 0.466 bits per heavy atom. The van der Waals surface area contributed by atoms with Crippen molar-refractivity contribution in [3.63, 3.8) is 0 Å². The summed E-state index contributed by atoms with van der Waals surface area (Å²) < 4.78 is 0. The number of hydrogen-bond donors (Lipinski definition) is 10. The van der Waals surface area contributed by atoms with Gasteiger partial charge in [-0.1, -0.05) is 109 Å². The highest BCUT2D eigenvalue weighted by atomic mass is 16.2. The van der Waals surface area contributed by atoms with Crippen molar-refractivity contribution in [3.8, 4) is 0 Å². The number of nitrogens with one attached hydrogen (secondary N) is 5. The maximum absolute atomic E-state index is 14.4. The van der Waals surface area contributed by atoms with Gasteiger partial charge in [0.25, 0.3) is 0 Å². The summed E-state index contributed by atoms with van der Waals surface area (Å²) in [6.07, 6.45) is 0.860. The van der Waals surface area contributed by atoms with Crippen LogP contribution in [0.4, 0.5) is 0 Å². The van der Waals surface area contributed by atoms with Gasteiger partial charge in [0.2, 0.25) is 35.4 Å². The molecule has 0 aromatic heterocycles. The van der Waals surface area contributed by atoms with E-state index < -0.39 is 59.6 Å². The predicted molar refractivity (Wildman–Crippen MR) is 288 cm³/mol. The fourth-order valence-electron chi connectivity index (χ4n) is 9.85. The van der Waals surface area contributed by atoms with Crippen molar-refractivity contribution in [2.45, 2.75) is 76.0 Å². The lowest BCUT2D eigenvalue weighted by molar-refractivity contribution is -0.132. The summed E-state index contributed by atoms with van der Waals surface area (Å²) in [5, 5.41) is 26.3. The van der Waals surface area contributed by atoms with Crippen LogP contribution in [0, 0.1) is 0 Å². The third kappa shape index (κ3) is 11.9. The van der Waals surface area contributed by atoms with Crippen molar-refractivity contribution in [3.05, 3.63) is 120 Å². The molecule has 0 fully saturated rings. The van der Waals surface area contributed by atoms with Crippen LogP contribution in [0.5, 0.6) is 0 Å². The zero-order chi connectivity index (χ0) is 51.8. The molecule has 0 aliphatic carbocycles. The molecule has 0 spiro atoms. The van der Waals surface area contributed by atoms with Gasteiger partial charge in [-0.05, 0) is 101 Å². The van der Waals surface area contributed by atoms with Gasteiger partial charge in [0.05, 0.1) is 0 Å². The summed E-state index contributed by atoms with van der Waals surface area (Å²) in [4.78, 5) is 89.5. The summed E-state index contributed by atoms with van der Waals surface area (Å²) in [5.41, 5.74) is 29.3. The molecule has 4 atom stereocenters. The van der Waals surface area contributed by atoms with Crippen molar-refractivity contribution >= 4 is 112 Å². The number of amides is 6. The lowest BCUT2D eigenvalue weighted by Gasteiger charge is -2.24. The van der Waals surface area contributed by atoms with E-state index in [1.54, 1.807) is 0 Å². The van der Waals surface area contributed by atoms with Gasteiger partial charge in [-0.25, -0.2) is 0 Å². The van der Waals surface area contributed by atoms with Crippen LogP contribution in [0.25, 0.3) is 64.6 Å². The molecule has 0 aliphatic heterocycles. The van der Waals surface area contributed by atoms with Crippen molar-refractivity contribution in [2.75, 3.05) is 19.6 Å². The zero-order valence-electron chi connectivity index (χ0n) is 40.5. The topological polar surface area (TPSA) is 317 Å². The number of rotatable bonds is 23. The molecule has 0 heterocycles. The van der Waals surface area contributed by atoms with Crippen molar-refractivity contribution in [1.82, 2.24) is 26.6 Å². The molecule has 8 aromatic rings. The van der Waals surface area contributed by atoms with Gasteiger partial charge in [0.15, 0.2) is 11.9 Å². The number of carbonyl (C=O) groups excluding carboxylic acids is 6. The first kappa shape index (κ1) is 50.6. The molecular weight excluding hydrogens is 925 g/mol. The molecule has 0 saturated heterocycles. The molecule has 15 N–H and O–H groups in total. The normalized spacial score (nSPS) is 13.1. The van der Waals surface area contributed by atoms with Crippen LogP contribution in [-0.4, -0.2) is 91.2 Å². The highest BCUT2D eigenvalue weighted by Crippen LogP contribution is 2.38. The number of aliphatic imine (C=N–C) groups is 2. The molecule has 0 saturated carbocycles. The number of benzene rings is 8. The van der Waals surface area contributed by atoms with Gasteiger partial charge in [0.1, 0.15) is 24.2 Å². The van der Waals surface area contributed by atoms with E-state index in [0.29, 0.717) is 12.8 Å². The Balaban J connectivity index is 1.03. The SMILES string of the molecule is CC(=O)N[C@@H](CCCN=C(N)N)C(=O)N[C@@H](Cc1ccc2ccc3cccc4ccc1c2c34)C(=O)NCCC(=O)N[C@@H](Cc1ccc2ccc3cccc4ccc1c2c34)C(=O)N[C@@H](CCCN=C(N)N)C(N)=O. The molecule has 8 rings (SSSR count). The lowest BCUT2D eigenvalue weighted by Crippen LogP contribution is -2.55. The maximum atomic E-state index is 14.4. The van der Waals surface area contributed by atoms with E-state index in [2.05, 4.69) is 54.8 Å². The van der Waals surface area contributed by atoms with Crippen molar-refractivity contribution in [1.29, 1.82) is 0 Å². The quantitative estimate of drug-likeness (QED) is 0.0193. The van der Waals surface area contributed by atoms with Crippen molar-refractivity contribution < 1.29 is 28.8 Å². The van der Waals surface area contributed by atoms with E-state index in [1.165, 1.54) is 6.92 Å². The third-order valence-electron chi connectivity index (χ3n) is 13.3. The fourth-order valence-corrected chi connectivity index (χ4v) is 9.85. The largest absolute Gasteiger partial charge is 0.370 e. The highest BCUT2D eigenvalue weighted by molar-refractivity contribution is 6.24. The Kier molecular flexibility index (Phi) is 15.6. The van der Waals surface area contributed by atoms with E-state index in [1.807, 2.05) is 91.0 Å². The summed E-state index contributed by atoms with van der Waals surface area (Å²) in [7, 11) is 0. The number of nitrogens with zero attached hydrogens (tertiary/aromatic N) is 2. The van der Waals surface area contributed by atoms with Crippen LogP contribution < -0.4 is 55.3 Å². The van der Waals surface area contributed by atoms with Crippen LogP contribution in [0.2, 0.25) is 0 Å². The minimum Gasteiger partial charge on any atom is -0.370 e. The molecule has 18 nitrogen and oxygen atoms in total. The third-order valence-corrected chi connectivity index (χ3v) is 13.3. The molecule has 0 unspecified atom stereocenters. The van der Waals surface area contributed by atoms with Crippen LogP contribution in [-0.2, 0) is 41.6 Å². The van der Waals surface area contributed by atoms with Crippen LogP contribution in [0.15, 0.2) is 119 Å². The van der Waals surface area contributed by atoms with E-state index >= 15 is 0 Å². The number of nitrogens with two attached hydrogens (primary N) is 5. The van der Waals surface area contributed by atoms with Gasteiger partial charge in [-0.3, -0.25) is 38.8 Å². The second-order valence-corrected chi connectivity index (χ2v) is 18.4. The molecule has 73 heavy (non-hydrogen) atoms. The number of primary amides is 1. The smallest absolute Gasteiger partial charge is 0.243 e. The Hall–Kier alpha value is -8.80. The van der Waals surface area contributed by atoms with Gasteiger partial charge >= 0.3 is 0 Å². The predicted octanol–water partition coefficient (Wildman–Crippen LogP) is 3.32. The fraction of sp³-hybridized carbons (Fsp3) is 0.273. The van der Waals surface area contributed by atoms with E-state index in [0.717, 1.165) is 75.8 Å². The minimum atomic E-state index is -1.18. The number of carbonyl (C=O) groups is 6. The molecule has 0 radical (unpaired) electrons. The summed E-state index contributed by atoms with van der Waals surface area (Å²) in [6.45, 7) is 1.54. The Labute approximate surface area is 420 Å². The highest BCUT2D eigenvalue weighted by Gasteiger charge is 2.30. The molecule has 6 amide bonds. The van der Waals surface area contributed by atoms with Gasteiger partial charge in [-0.15, -0.1) is 0 Å². The van der Waals surface area contributed by atoms with E-state index in [9.17, 15) is 28.8 Å². The second-order valence-electron chi connectivity index (χ2n) is 18.4. The first-order valence-electron chi connectivity index (χ1n) is 24.3. The Bertz CT molecular complexity index is 3390. The van der Waals surface area contributed by atoms with Crippen LogP contribution >= 0.6 is 0 Å². The van der Waals surface area contributed by atoms with E-state index in [-0.39, 0.29) is 63.7 Å². The average molecular weight is 985 g/mol. The summed E-state index contributed by atoms with van der Waals surface area (Å²) in [5.74, 6) is -3.82. The van der Waals surface area contributed by atoms with Gasteiger partial charge in [0, 0.05) is 45.8 Å². The van der Waals surface area contributed by atoms with Crippen molar-refractivity contribution in [2.24, 2.45) is 38.7 Å². The minimum absolute atomic E-state index is 0.0480. The monoisotopic (exact) mass is 984 g/mol. The second kappa shape index (κ2) is 22.5.